The number of imidazole rings is 1. The second-order valence-corrected chi connectivity index (χ2v) is 14.4. The van der Waals surface area contributed by atoms with Crippen molar-refractivity contribution in [3.05, 3.63) is 82.2 Å². The molecule has 1 fully saturated rings. The van der Waals surface area contributed by atoms with Crippen LogP contribution in [0.4, 0.5) is 5.95 Å². The molecule has 264 valence electrons. The number of hydrogen-bond acceptors (Lipinski definition) is 13. The van der Waals surface area contributed by atoms with E-state index in [0.29, 0.717) is 21.2 Å². The summed E-state index contributed by atoms with van der Waals surface area (Å²) < 4.78 is 45.7. The van der Waals surface area contributed by atoms with Crippen molar-refractivity contribution in [1.29, 1.82) is 0 Å². The number of benzene rings is 3. The molecular formula is C33H36IN6O9P. The van der Waals surface area contributed by atoms with E-state index in [2.05, 4.69) is 20.0 Å². The number of esters is 1. The molecule has 0 amide bonds. The van der Waals surface area contributed by atoms with Crippen LogP contribution in [0.25, 0.3) is 21.9 Å². The molecule has 5 N–H and O–H groups in total. The monoisotopic (exact) mass is 818 g/mol. The molecule has 1 aliphatic rings. The molecule has 2 unspecified atom stereocenters. The summed E-state index contributed by atoms with van der Waals surface area (Å²) in [6.45, 7) is 2.84. The Morgan fingerprint density at radius 3 is 2.58 bits per heavy atom. The maximum atomic E-state index is 14.8. The number of halogens is 1. The lowest BCUT2D eigenvalue weighted by molar-refractivity contribution is -0.146. The molecule has 0 aliphatic carbocycles. The van der Waals surface area contributed by atoms with Gasteiger partial charge in [0.15, 0.2) is 21.2 Å². The quantitative estimate of drug-likeness (QED) is 0.0553. The number of ether oxygens (including phenoxy) is 3. The maximum Gasteiger partial charge on any atom is 0.459 e. The van der Waals surface area contributed by atoms with Gasteiger partial charge in [-0.25, -0.2) is 14.3 Å². The van der Waals surface area contributed by atoms with Crippen molar-refractivity contribution in [3.63, 3.8) is 0 Å². The summed E-state index contributed by atoms with van der Waals surface area (Å²) in [5.74, 6) is -0.462. The Kier molecular flexibility index (Phi) is 10.6. The summed E-state index contributed by atoms with van der Waals surface area (Å²) in [5.41, 5.74) is 4.90. The van der Waals surface area contributed by atoms with Crippen LogP contribution in [0.3, 0.4) is 0 Å². The van der Waals surface area contributed by atoms with Crippen molar-refractivity contribution in [2.75, 3.05) is 26.1 Å². The number of rotatable bonds is 13. The third-order valence-corrected chi connectivity index (χ3v) is 10.4. The van der Waals surface area contributed by atoms with E-state index in [9.17, 15) is 19.6 Å². The SMILES string of the molecule is CCCOC(=O)[C@@H](NP(=O)(OC[C@H]1OC(n2c(I)nc3c(OC)nc(N)nc32)[C@](C)(O)[C@@H]1O)Oc1cccc2ccccc12)c1ccccc1. The fourth-order valence-electron chi connectivity index (χ4n) is 5.66. The van der Waals surface area contributed by atoms with E-state index >= 15 is 0 Å². The molecule has 50 heavy (non-hydrogen) atoms. The molecule has 15 nitrogen and oxygen atoms in total. The lowest BCUT2D eigenvalue weighted by Gasteiger charge is -2.28. The van der Waals surface area contributed by atoms with Crippen molar-refractivity contribution in [2.24, 2.45) is 0 Å². The van der Waals surface area contributed by atoms with Gasteiger partial charge in [0.25, 0.3) is 0 Å². The van der Waals surface area contributed by atoms with E-state index < -0.39 is 50.4 Å². The molecule has 6 atom stereocenters. The first kappa shape index (κ1) is 35.9. The van der Waals surface area contributed by atoms with Crippen LogP contribution in [0, 0.1) is 3.83 Å². The van der Waals surface area contributed by atoms with Crippen molar-refractivity contribution in [1.82, 2.24) is 24.6 Å². The fourth-order valence-corrected chi connectivity index (χ4v) is 7.90. The number of nitrogen functional groups attached to an aromatic ring is 1. The molecule has 0 radical (unpaired) electrons. The number of carbonyl (C=O) groups excluding carboxylic acids is 1. The molecule has 1 aliphatic heterocycles. The van der Waals surface area contributed by atoms with Crippen LogP contribution in [-0.4, -0.2) is 73.8 Å². The van der Waals surface area contributed by atoms with Gasteiger partial charge in [-0.2, -0.15) is 15.1 Å². The molecule has 0 saturated carbocycles. The van der Waals surface area contributed by atoms with Crippen LogP contribution < -0.4 is 20.1 Å². The van der Waals surface area contributed by atoms with Gasteiger partial charge in [-0.3, -0.25) is 9.09 Å². The van der Waals surface area contributed by atoms with Crippen molar-refractivity contribution < 1.29 is 42.8 Å². The highest BCUT2D eigenvalue weighted by Gasteiger charge is 2.55. The van der Waals surface area contributed by atoms with Gasteiger partial charge in [-0.15, -0.1) is 0 Å². The predicted molar refractivity (Wildman–Crippen MR) is 191 cm³/mol. The smallest absolute Gasteiger partial charge is 0.459 e. The summed E-state index contributed by atoms with van der Waals surface area (Å²) in [7, 11) is -3.11. The van der Waals surface area contributed by atoms with Crippen LogP contribution in [-0.2, 0) is 23.4 Å². The Hall–Kier alpha value is -3.90. The molecule has 0 bridgehead atoms. The Labute approximate surface area is 300 Å². The largest absolute Gasteiger partial charge is 0.479 e. The van der Waals surface area contributed by atoms with Gasteiger partial charge in [0, 0.05) is 28.0 Å². The van der Waals surface area contributed by atoms with Crippen LogP contribution in [0.1, 0.15) is 38.1 Å². The number of aliphatic hydroxyl groups excluding tert-OH is 1. The fraction of sp³-hybridized carbons (Fsp3) is 0.333. The maximum absolute atomic E-state index is 14.8. The predicted octanol–water partition coefficient (Wildman–Crippen LogP) is 4.67. The molecule has 3 heterocycles. The first-order chi connectivity index (χ1) is 24.0. The second-order valence-electron chi connectivity index (χ2n) is 11.7. The first-order valence-electron chi connectivity index (χ1n) is 15.7. The van der Waals surface area contributed by atoms with Gasteiger partial charge >= 0.3 is 13.7 Å². The zero-order chi connectivity index (χ0) is 35.6. The Morgan fingerprint density at radius 2 is 1.84 bits per heavy atom. The zero-order valence-corrected chi connectivity index (χ0v) is 30.4. The van der Waals surface area contributed by atoms with E-state index in [1.54, 1.807) is 48.5 Å². The van der Waals surface area contributed by atoms with E-state index in [0.717, 1.165) is 5.39 Å². The second kappa shape index (κ2) is 14.8. The summed E-state index contributed by atoms with van der Waals surface area (Å²) >= 11 is 1.93. The highest BCUT2D eigenvalue weighted by Crippen LogP contribution is 2.50. The number of aromatic nitrogens is 4. The molecular weight excluding hydrogens is 782 g/mol. The highest BCUT2D eigenvalue weighted by atomic mass is 127. The van der Waals surface area contributed by atoms with E-state index in [1.807, 2.05) is 53.8 Å². The van der Waals surface area contributed by atoms with Crippen LogP contribution in [0.5, 0.6) is 11.6 Å². The van der Waals surface area contributed by atoms with Crippen LogP contribution in [0.15, 0.2) is 72.8 Å². The van der Waals surface area contributed by atoms with Gasteiger partial charge in [-0.05, 0) is 30.4 Å². The average Bonchev–Trinajstić information content (AvgIpc) is 3.55. The Bertz CT molecular complexity index is 2040. The summed E-state index contributed by atoms with van der Waals surface area (Å²) in [4.78, 5) is 26.2. The number of nitrogens with one attached hydrogen (secondary N) is 1. The number of fused-ring (bicyclic) bond motifs is 2. The van der Waals surface area contributed by atoms with Gasteiger partial charge < -0.3 is 34.7 Å². The minimum Gasteiger partial charge on any atom is -0.479 e. The van der Waals surface area contributed by atoms with Gasteiger partial charge in [0.2, 0.25) is 11.8 Å². The number of anilines is 1. The number of carbonyl (C=O) groups is 1. The molecule has 1 saturated heterocycles. The Balaban J connectivity index is 1.34. The van der Waals surface area contributed by atoms with E-state index in [-0.39, 0.29) is 35.3 Å². The minimum atomic E-state index is -4.52. The average molecular weight is 819 g/mol. The molecule has 0 spiro atoms. The van der Waals surface area contributed by atoms with Gasteiger partial charge in [-0.1, -0.05) is 73.7 Å². The molecule has 2 aromatic heterocycles. The van der Waals surface area contributed by atoms with Crippen LogP contribution >= 0.6 is 30.3 Å². The molecule has 5 aromatic rings. The van der Waals surface area contributed by atoms with Gasteiger partial charge in [0.05, 0.1) is 20.3 Å². The van der Waals surface area contributed by atoms with E-state index in [1.165, 1.54) is 18.6 Å². The topological polar surface area (TPSA) is 202 Å². The first-order valence-corrected chi connectivity index (χ1v) is 18.3. The lowest BCUT2D eigenvalue weighted by Crippen LogP contribution is -2.44. The number of hydrogen-bond donors (Lipinski definition) is 4. The number of nitrogens with two attached hydrogens (primary N) is 1. The minimum absolute atomic E-state index is 0.104. The summed E-state index contributed by atoms with van der Waals surface area (Å²) in [6.07, 6.45) is -3.50. The molecule has 6 rings (SSSR count). The number of aliphatic hydroxyl groups is 2. The van der Waals surface area contributed by atoms with Crippen LogP contribution in [0.2, 0.25) is 0 Å². The third-order valence-electron chi connectivity index (χ3n) is 8.15. The molecule has 17 heteroatoms. The van der Waals surface area contributed by atoms with Gasteiger partial charge in [0.1, 0.15) is 29.6 Å². The van der Waals surface area contributed by atoms with E-state index in [4.69, 9.17) is 29.0 Å². The Morgan fingerprint density at radius 1 is 1.12 bits per heavy atom. The number of methoxy groups -OCH3 is 1. The van der Waals surface area contributed by atoms with Crippen molar-refractivity contribution in [2.45, 2.75) is 50.3 Å². The third kappa shape index (κ3) is 7.14. The van der Waals surface area contributed by atoms with Crippen molar-refractivity contribution in [3.8, 4) is 11.6 Å². The van der Waals surface area contributed by atoms with Crippen molar-refractivity contribution >= 4 is 64.2 Å². The lowest BCUT2D eigenvalue weighted by atomic mass is 9.96. The number of nitrogens with zero attached hydrogens (tertiary/aromatic N) is 4. The highest BCUT2D eigenvalue weighted by molar-refractivity contribution is 14.1. The normalized spacial score (nSPS) is 22.3. The zero-order valence-electron chi connectivity index (χ0n) is 27.3. The standard InChI is InChI=1S/C33H36IN6O9P/c1-4-17-46-29(42)24(20-12-6-5-7-13-20)39-50(44,49-22-16-10-14-19-11-8-9-15-21(19)22)47-18-23-26(41)33(2,43)30(48-23)40-27-25(36-31(40)34)28(45-3)38-32(35)37-27/h5-16,23-24,26,30,41,43H,4,17-18H2,1-3H3,(H,39,44)(H2,35,37,38)/t23-,24+,26-,30?,33-,50?/m1/s1. The molecule has 3 aromatic carbocycles. The summed E-state index contributed by atoms with van der Waals surface area (Å²) in [5, 5.41) is 27.2. The summed E-state index contributed by atoms with van der Waals surface area (Å²) in [6, 6.07) is 19.9.